The highest BCUT2D eigenvalue weighted by Crippen LogP contribution is 2.42. The summed E-state index contributed by atoms with van der Waals surface area (Å²) in [5, 5.41) is 8.28. The van der Waals surface area contributed by atoms with Crippen molar-refractivity contribution >= 4 is 39.5 Å². The Morgan fingerprint density at radius 2 is 1.48 bits per heavy atom. The summed E-state index contributed by atoms with van der Waals surface area (Å²) in [6, 6.07) is 26.9. The van der Waals surface area contributed by atoms with E-state index in [0.717, 1.165) is 32.3 Å². The zero-order chi connectivity index (χ0) is 21.8. The van der Waals surface area contributed by atoms with E-state index in [1.165, 1.54) is 0 Å². The summed E-state index contributed by atoms with van der Waals surface area (Å²) in [5.41, 5.74) is 4.74. The average molecular weight is 447 g/mol. The summed E-state index contributed by atoms with van der Waals surface area (Å²) in [6.07, 6.45) is 0. The van der Waals surface area contributed by atoms with E-state index in [-0.39, 0.29) is 11.9 Å². The molecule has 0 radical (unpaired) electrons. The summed E-state index contributed by atoms with van der Waals surface area (Å²) < 4.78 is 0. The fraction of sp³-hybridized carbons (Fsp3) is 0.115. The zero-order valence-corrected chi connectivity index (χ0v) is 18.9. The van der Waals surface area contributed by atoms with Gasteiger partial charge in [0.25, 0.3) is 5.91 Å². The maximum Gasteiger partial charge on any atom is 0.256 e. The van der Waals surface area contributed by atoms with Gasteiger partial charge in [-0.1, -0.05) is 66.2 Å². The van der Waals surface area contributed by atoms with Crippen LogP contribution in [-0.4, -0.2) is 5.91 Å². The Kier molecular flexibility index (Phi) is 6.40. The molecule has 156 valence electrons. The third-order valence-corrected chi connectivity index (χ3v) is 6.77. The molecule has 1 amide bonds. The maximum atomic E-state index is 12.9. The molecule has 2 N–H and O–H groups in total. The number of rotatable bonds is 6. The lowest BCUT2D eigenvalue weighted by Crippen LogP contribution is -2.17. The Hall–Kier alpha value is -3.08. The monoisotopic (exact) mass is 446 g/mol. The number of para-hydroxylation sites is 1. The first-order chi connectivity index (χ1) is 15.0. The van der Waals surface area contributed by atoms with Crippen LogP contribution < -0.4 is 10.6 Å². The Balaban J connectivity index is 1.79. The third kappa shape index (κ3) is 4.66. The predicted molar refractivity (Wildman–Crippen MR) is 132 cm³/mol. The lowest BCUT2D eigenvalue weighted by molar-refractivity contribution is 0.102. The van der Waals surface area contributed by atoms with Gasteiger partial charge in [0.05, 0.1) is 6.04 Å². The molecular formula is C26H23ClN2OS. The number of carbonyl (C=O) groups excluding carboxylic acids is 1. The van der Waals surface area contributed by atoms with E-state index in [0.29, 0.717) is 10.6 Å². The number of anilines is 2. The van der Waals surface area contributed by atoms with Crippen molar-refractivity contribution in [3.63, 3.8) is 0 Å². The SMILES string of the molecule is Cc1sc(NC(=O)c2ccccc2)c(C(Nc2ccccc2)c2ccccc2Cl)c1C. The lowest BCUT2D eigenvalue weighted by Gasteiger charge is -2.24. The third-order valence-electron chi connectivity index (χ3n) is 5.28. The molecule has 0 saturated carbocycles. The minimum absolute atomic E-state index is 0.124. The Bertz CT molecular complexity index is 1190. The first-order valence-electron chi connectivity index (χ1n) is 10.1. The van der Waals surface area contributed by atoms with Gasteiger partial charge in [0.1, 0.15) is 5.00 Å². The highest BCUT2D eigenvalue weighted by atomic mass is 35.5. The van der Waals surface area contributed by atoms with Gasteiger partial charge < -0.3 is 10.6 Å². The second-order valence-corrected chi connectivity index (χ2v) is 8.94. The van der Waals surface area contributed by atoms with E-state index in [4.69, 9.17) is 11.6 Å². The van der Waals surface area contributed by atoms with Gasteiger partial charge in [-0.05, 0) is 55.3 Å². The van der Waals surface area contributed by atoms with E-state index in [2.05, 4.69) is 24.5 Å². The van der Waals surface area contributed by atoms with Gasteiger partial charge >= 0.3 is 0 Å². The first kappa shape index (κ1) is 21.2. The Morgan fingerprint density at radius 3 is 2.16 bits per heavy atom. The standard InChI is InChI=1S/C26H23ClN2OS/c1-17-18(2)31-26(29-25(30)19-11-5-3-6-12-19)23(17)24(21-15-9-10-16-22(21)27)28-20-13-7-4-8-14-20/h3-16,24,28H,1-2H3,(H,29,30). The summed E-state index contributed by atoms with van der Waals surface area (Å²) >= 11 is 8.21. The molecule has 0 bridgehead atoms. The van der Waals surface area contributed by atoms with Gasteiger partial charge in [0, 0.05) is 26.7 Å². The van der Waals surface area contributed by atoms with E-state index in [1.54, 1.807) is 11.3 Å². The number of hydrogen-bond donors (Lipinski definition) is 2. The molecule has 0 aliphatic rings. The largest absolute Gasteiger partial charge is 0.374 e. The van der Waals surface area contributed by atoms with Crippen molar-refractivity contribution in [3.8, 4) is 0 Å². The Labute approximate surface area is 191 Å². The van der Waals surface area contributed by atoms with Crippen LogP contribution in [0.5, 0.6) is 0 Å². The number of carbonyl (C=O) groups is 1. The van der Waals surface area contributed by atoms with E-state index < -0.39 is 0 Å². The van der Waals surface area contributed by atoms with Gasteiger partial charge in [-0.2, -0.15) is 0 Å². The first-order valence-corrected chi connectivity index (χ1v) is 11.3. The number of amides is 1. The number of halogens is 1. The molecule has 5 heteroatoms. The van der Waals surface area contributed by atoms with Crippen LogP contribution in [0.4, 0.5) is 10.7 Å². The summed E-state index contributed by atoms with van der Waals surface area (Å²) in [6.45, 7) is 4.17. The molecule has 3 nitrogen and oxygen atoms in total. The van der Waals surface area contributed by atoms with E-state index >= 15 is 0 Å². The molecule has 0 spiro atoms. The lowest BCUT2D eigenvalue weighted by atomic mass is 9.96. The molecular weight excluding hydrogens is 424 g/mol. The quantitative estimate of drug-likeness (QED) is 0.322. The number of thiophene rings is 1. The van der Waals surface area contributed by atoms with Crippen molar-refractivity contribution in [2.75, 3.05) is 10.6 Å². The number of hydrogen-bond acceptors (Lipinski definition) is 3. The van der Waals surface area contributed by atoms with Crippen molar-refractivity contribution in [3.05, 3.63) is 117 Å². The second kappa shape index (κ2) is 9.38. The van der Waals surface area contributed by atoms with E-state index in [1.807, 2.05) is 84.9 Å². The number of aryl methyl sites for hydroxylation is 1. The normalized spacial score (nSPS) is 11.7. The molecule has 31 heavy (non-hydrogen) atoms. The molecule has 1 aromatic heterocycles. The molecule has 0 saturated heterocycles. The van der Waals surface area contributed by atoms with Gasteiger partial charge in [-0.25, -0.2) is 0 Å². The molecule has 4 aromatic rings. The Morgan fingerprint density at radius 1 is 0.871 bits per heavy atom. The van der Waals surface area contributed by atoms with Crippen molar-refractivity contribution in [1.82, 2.24) is 0 Å². The van der Waals surface area contributed by atoms with Crippen molar-refractivity contribution in [1.29, 1.82) is 0 Å². The molecule has 3 aromatic carbocycles. The van der Waals surface area contributed by atoms with Gasteiger partial charge in [-0.3, -0.25) is 4.79 Å². The highest BCUT2D eigenvalue weighted by Gasteiger charge is 2.26. The van der Waals surface area contributed by atoms with Crippen molar-refractivity contribution in [2.45, 2.75) is 19.9 Å². The van der Waals surface area contributed by atoms with Crippen molar-refractivity contribution in [2.24, 2.45) is 0 Å². The smallest absolute Gasteiger partial charge is 0.256 e. The number of nitrogens with one attached hydrogen (secondary N) is 2. The number of benzene rings is 3. The van der Waals surface area contributed by atoms with Crippen molar-refractivity contribution < 1.29 is 4.79 Å². The summed E-state index contributed by atoms with van der Waals surface area (Å²) in [4.78, 5) is 14.1. The van der Waals surface area contributed by atoms with Crippen LogP contribution in [0.25, 0.3) is 0 Å². The van der Waals surface area contributed by atoms with Crippen LogP contribution in [0.15, 0.2) is 84.9 Å². The van der Waals surface area contributed by atoms with Gasteiger partial charge in [0.15, 0.2) is 0 Å². The molecule has 0 aliphatic heterocycles. The summed E-state index contributed by atoms with van der Waals surface area (Å²) in [5.74, 6) is -0.124. The highest BCUT2D eigenvalue weighted by molar-refractivity contribution is 7.16. The van der Waals surface area contributed by atoms with Gasteiger partial charge in [-0.15, -0.1) is 11.3 Å². The average Bonchev–Trinajstić information content (AvgIpc) is 3.07. The predicted octanol–water partition coefficient (Wildman–Crippen LogP) is 7.47. The van der Waals surface area contributed by atoms with Crippen LogP contribution in [0.2, 0.25) is 5.02 Å². The maximum absolute atomic E-state index is 12.9. The zero-order valence-electron chi connectivity index (χ0n) is 17.4. The van der Waals surface area contributed by atoms with Crippen LogP contribution in [-0.2, 0) is 0 Å². The summed E-state index contributed by atoms with van der Waals surface area (Å²) in [7, 11) is 0. The second-order valence-electron chi connectivity index (χ2n) is 7.31. The fourth-order valence-corrected chi connectivity index (χ4v) is 4.90. The van der Waals surface area contributed by atoms with E-state index in [9.17, 15) is 4.79 Å². The van der Waals surface area contributed by atoms with Crippen LogP contribution in [0.1, 0.15) is 38.0 Å². The molecule has 1 unspecified atom stereocenters. The van der Waals surface area contributed by atoms with Crippen LogP contribution in [0.3, 0.4) is 0 Å². The fourth-order valence-electron chi connectivity index (χ4n) is 3.57. The van der Waals surface area contributed by atoms with Crippen LogP contribution >= 0.6 is 22.9 Å². The molecule has 1 atom stereocenters. The molecule has 0 aliphatic carbocycles. The van der Waals surface area contributed by atoms with Crippen LogP contribution in [0, 0.1) is 13.8 Å². The van der Waals surface area contributed by atoms with Gasteiger partial charge in [0.2, 0.25) is 0 Å². The molecule has 1 heterocycles. The molecule has 4 rings (SSSR count). The minimum Gasteiger partial charge on any atom is -0.374 e. The topological polar surface area (TPSA) is 41.1 Å². The minimum atomic E-state index is -0.216. The molecule has 0 fully saturated rings.